The number of fused-ring (bicyclic) bond motifs is 1. The molecule has 0 unspecified atom stereocenters. The lowest BCUT2D eigenvalue weighted by atomic mass is 9.83. The number of esters is 1. The molecule has 0 bridgehead atoms. The zero-order chi connectivity index (χ0) is 20.3. The van der Waals surface area contributed by atoms with Crippen LogP contribution in [0.2, 0.25) is 0 Å². The summed E-state index contributed by atoms with van der Waals surface area (Å²) in [7, 11) is 0. The molecule has 1 aliphatic heterocycles. The number of hydrogen-bond acceptors (Lipinski definition) is 6. The van der Waals surface area contributed by atoms with Crippen molar-refractivity contribution in [1.82, 2.24) is 0 Å². The largest absolute Gasteiger partial charge is 0.482 e. The Morgan fingerprint density at radius 3 is 2.57 bits per heavy atom. The molecule has 0 amide bonds. The van der Waals surface area contributed by atoms with E-state index in [1.54, 1.807) is 19.9 Å². The summed E-state index contributed by atoms with van der Waals surface area (Å²) >= 11 is 1.42. The second-order valence-corrected chi connectivity index (χ2v) is 8.13. The third kappa shape index (κ3) is 3.85. The Morgan fingerprint density at radius 2 is 1.93 bits per heavy atom. The Morgan fingerprint density at radius 1 is 1.25 bits per heavy atom. The lowest BCUT2D eigenvalue weighted by Crippen LogP contribution is -2.56. The van der Waals surface area contributed by atoms with E-state index in [0.29, 0.717) is 5.75 Å². The Balaban J connectivity index is 2.04. The van der Waals surface area contributed by atoms with Crippen molar-refractivity contribution in [3.8, 4) is 5.75 Å². The van der Waals surface area contributed by atoms with Crippen molar-refractivity contribution in [1.29, 1.82) is 0 Å². The van der Waals surface area contributed by atoms with Crippen LogP contribution in [0, 0.1) is 17.0 Å². The fraction of sp³-hybridized carbons (Fsp3) is 0.381. The minimum absolute atomic E-state index is 0.176. The van der Waals surface area contributed by atoms with Gasteiger partial charge in [-0.15, -0.1) is 11.8 Å². The molecule has 2 aromatic carbocycles. The van der Waals surface area contributed by atoms with E-state index in [9.17, 15) is 14.9 Å². The van der Waals surface area contributed by atoms with E-state index in [-0.39, 0.29) is 18.0 Å². The number of para-hydroxylation sites is 1. The first-order valence-electron chi connectivity index (χ1n) is 9.15. The van der Waals surface area contributed by atoms with Crippen LogP contribution in [0.25, 0.3) is 0 Å². The molecule has 0 fully saturated rings. The maximum atomic E-state index is 12.3. The van der Waals surface area contributed by atoms with Gasteiger partial charge in [0.05, 0.1) is 13.0 Å². The van der Waals surface area contributed by atoms with Crippen LogP contribution in [-0.2, 0) is 9.53 Å². The summed E-state index contributed by atoms with van der Waals surface area (Å²) in [5.74, 6) is 0.0692. The van der Waals surface area contributed by atoms with Gasteiger partial charge in [0.1, 0.15) is 11.0 Å². The van der Waals surface area contributed by atoms with Crippen LogP contribution in [0.4, 0.5) is 0 Å². The first-order chi connectivity index (χ1) is 13.4. The third-order valence-electron chi connectivity index (χ3n) is 4.98. The predicted octanol–water partition coefficient (Wildman–Crippen LogP) is 4.58. The maximum absolute atomic E-state index is 12.3. The van der Waals surface area contributed by atoms with Crippen molar-refractivity contribution in [2.45, 2.75) is 49.0 Å². The van der Waals surface area contributed by atoms with E-state index in [4.69, 9.17) is 9.47 Å². The average Bonchev–Trinajstić information content (AvgIpc) is 2.66. The highest BCUT2D eigenvalue weighted by Crippen LogP contribution is 2.53. The lowest BCUT2D eigenvalue weighted by molar-refractivity contribution is -0.578. The number of thioether (sulfide) groups is 1. The molecular weight excluding hydrogens is 378 g/mol. The van der Waals surface area contributed by atoms with E-state index >= 15 is 0 Å². The van der Waals surface area contributed by atoms with Gasteiger partial charge in [0.2, 0.25) is 0 Å². The Labute approximate surface area is 168 Å². The van der Waals surface area contributed by atoms with Crippen molar-refractivity contribution < 1.29 is 19.2 Å². The number of benzene rings is 2. The normalized spacial score (nSPS) is 23.4. The molecule has 3 rings (SSSR count). The highest BCUT2D eigenvalue weighted by atomic mass is 32.2. The summed E-state index contributed by atoms with van der Waals surface area (Å²) in [6.45, 7) is 5.48. The summed E-state index contributed by atoms with van der Waals surface area (Å²) in [5, 5.41) is 11.7. The molecule has 6 nitrogen and oxygen atoms in total. The minimum atomic E-state index is -1.50. The molecule has 1 aliphatic rings. The maximum Gasteiger partial charge on any atom is 0.309 e. The van der Waals surface area contributed by atoms with E-state index in [1.165, 1.54) is 11.8 Å². The molecule has 1 heterocycles. The SMILES string of the molecule is CCOC(=O)C[C@H]1Oc2ccccc2[C@@H](Sc2ccc(C)cc2)[C@]1(C)[N+](=O)[O-]. The summed E-state index contributed by atoms with van der Waals surface area (Å²) in [4.78, 5) is 25.0. The van der Waals surface area contributed by atoms with Gasteiger partial charge in [0, 0.05) is 22.3 Å². The van der Waals surface area contributed by atoms with Gasteiger partial charge in [-0.2, -0.15) is 0 Å². The second-order valence-electron chi connectivity index (χ2n) is 6.95. The van der Waals surface area contributed by atoms with E-state index in [2.05, 4.69) is 0 Å². The summed E-state index contributed by atoms with van der Waals surface area (Å²) in [5.41, 5.74) is 0.373. The highest BCUT2D eigenvalue weighted by Gasteiger charge is 2.59. The fourth-order valence-corrected chi connectivity index (χ4v) is 4.69. The van der Waals surface area contributed by atoms with Crippen LogP contribution < -0.4 is 4.74 Å². The standard InChI is InChI=1S/C21H23NO5S/c1-4-26-19(23)13-18-21(3,22(24)25)20(16-7-5-6-8-17(16)27-18)28-15-11-9-14(2)10-12-15/h5-12,18,20H,4,13H2,1-3H3/t18-,20-,21-/m1/s1. The van der Waals surface area contributed by atoms with Gasteiger partial charge in [-0.05, 0) is 32.0 Å². The molecular formula is C21H23NO5S. The summed E-state index contributed by atoms with van der Waals surface area (Å²) < 4.78 is 11.0. The van der Waals surface area contributed by atoms with Crippen LogP contribution in [0.5, 0.6) is 5.75 Å². The number of hydrogen-bond donors (Lipinski definition) is 0. The van der Waals surface area contributed by atoms with Gasteiger partial charge in [0.25, 0.3) is 5.54 Å². The molecule has 0 saturated carbocycles. The van der Waals surface area contributed by atoms with Gasteiger partial charge in [0.15, 0.2) is 6.10 Å². The molecule has 0 radical (unpaired) electrons. The molecule has 28 heavy (non-hydrogen) atoms. The molecule has 2 aromatic rings. The highest BCUT2D eigenvalue weighted by molar-refractivity contribution is 7.99. The smallest absolute Gasteiger partial charge is 0.309 e. The average molecular weight is 401 g/mol. The summed E-state index contributed by atoms with van der Waals surface area (Å²) in [6.07, 6.45) is -1.11. The Kier molecular flexibility index (Phi) is 5.93. The molecule has 0 aliphatic carbocycles. The number of ether oxygens (including phenoxy) is 2. The van der Waals surface area contributed by atoms with E-state index in [0.717, 1.165) is 16.0 Å². The van der Waals surface area contributed by atoms with Gasteiger partial charge < -0.3 is 9.47 Å². The first kappa shape index (κ1) is 20.2. The summed E-state index contributed by atoms with van der Waals surface area (Å²) in [6, 6.07) is 15.2. The van der Waals surface area contributed by atoms with Crippen molar-refractivity contribution in [2.24, 2.45) is 0 Å². The number of carbonyl (C=O) groups excluding carboxylic acids is 1. The van der Waals surface area contributed by atoms with E-state index < -0.39 is 22.9 Å². The van der Waals surface area contributed by atoms with Crippen LogP contribution in [0.15, 0.2) is 53.4 Å². The first-order valence-corrected chi connectivity index (χ1v) is 10.0. The van der Waals surface area contributed by atoms with Crippen LogP contribution in [0.1, 0.15) is 36.6 Å². The van der Waals surface area contributed by atoms with Crippen LogP contribution in [-0.4, -0.2) is 29.1 Å². The zero-order valence-electron chi connectivity index (χ0n) is 16.1. The molecule has 0 aromatic heterocycles. The number of rotatable bonds is 6. The number of carbonyl (C=O) groups is 1. The molecule has 0 N–H and O–H groups in total. The lowest BCUT2D eigenvalue weighted by Gasteiger charge is -2.40. The zero-order valence-corrected chi connectivity index (χ0v) is 16.9. The van der Waals surface area contributed by atoms with Crippen LogP contribution >= 0.6 is 11.8 Å². The van der Waals surface area contributed by atoms with Gasteiger partial charge in [-0.1, -0.05) is 35.9 Å². The predicted molar refractivity (Wildman–Crippen MR) is 107 cm³/mol. The molecule has 0 spiro atoms. The molecule has 0 saturated heterocycles. The third-order valence-corrected chi connectivity index (χ3v) is 6.49. The second kappa shape index (κ2) is 8.22. The van der Waals surface area contributed by atoms with Gasteiger partial charge in [-0.3, -0.25) is 14.9 Å². The van der Waals surface area contributed by atoms with Crippen molar-refractivity contribution in [2.75, 3.05) is 6.61 Å². The number of aryl methyl sites for hydroxylation is 1. The van der Waals surface area contributed by atoms with Crippen LogP contribution in [0.3, 0.4) is 0 Å². The van der Waals surface area contributed by atoms with Crippen molar-refractivity contribution in [3.05, 3.63) is 69.8 Å². The molecule has 148 valence electrons. The van der Waals surface area contributed by atoms with Gasteiger partial charge >= 0.3 is 5.97 Å². The van der Waals surface area contributed by atoms with Crippen molar-refractivity contribution in [3.63, 3.8) is 0 Å². The number of nitrogens with zero attached hydrogens (tertiary/aromatic N) is 1. The monoisotopic (exact) mass is 401 g/mol. The fourth-order valence-electron chi connectivity index (χ4n) is 3.33. The van der Waals surface area contributed by atoms with Gasteiger partial charge in [-0.25, -0.2) is 0 Å². The van der Waals surface area contributed by atoms with Crippen molar-refractivity contribution >= 4 is 17.7 Å². The number of nitro groups is 1. The molecule has 3 atom stereocenters. The topological polar surface area (TPSA) is 78.7 Å². The molecule has 7 heteroatoms. The minimum Gasteiger partial charge on any atom is -0.482 e. The quantitative estimate of drug-likeness (QED) is 0.401. The Hall–Kier alpha value is -2.54. The Bertz CT molecular complexity index is 869. The van der Waals surface area contributed by atoms with E-state index in [1.807, 2.05) is 49.4 Å².